The first-order valence-electron chi connectivity index (χ1n) is 9.97. The summed E-state index contributed by atoms with van der Waals surface area (Å²) in [5.74, 6) is -0.931. The first-order valence-corrected chi connectivity index (χ1v) is 9.97. The molecule has 6 heteroatoms. The van der Waals surface area contributed by atoms with Crippen LogP contribution in [0.15, 0.2) is 60.9 Å². The molecule has 0 unspecified atom stereocenters. The maximum absolute atomic E-state index is 14.7. The van der Waals surface area contributed by atoms with Gasteiger partial charge >= 0.3 is 0 Å². The van der Waals surface area contributed by atoms with E-state index in [9.17, 15) is 14.0 Å². The third-order valence-corrected chi connectivity index (χ3v) is 5.30. The van der Waals surface area contributed by atoms with Crippen molar-refractivity contribution in [3.63, 3.8) is 0 Å². The molecule has 5 nitrogen and oxygen atoms in total. The molecule has 152 valence electrons. The quantitative estimate of drug-likeness (QED) is 0.697. The molecule has 3 aromatic rings. The number of carbonyl (C=O) groups is 2. The van der Waals surface area contributed by atoms with Gasteiger partial charge in [0.1, 0.15) is 5.82 Å². The molecule has 1 aliphatic rings. The zero-order chi connectivity index (χ0) is 21.1. The SMILES string of the molecule is CCC(=O)N1CCc2cc(-c3ccc(C(=O)NCc4cccnc4)c(F)c3)ccc21. The van der Waals surface area contributed by atoms with Crippen LogP contribution in [0.3, 0.4) is 0 Å². The number of aromatic nitrogens is 1. The maximum atomic E-state index is 14.7. The van der Waals surface area contributed by atoms with Crippen molar-refractivity contribution in [2.45, 2.75) is 26.3 Å². The van der Waals surface area contributed by atoms with Gasteiger partial charge in [-0.05, 0) is 59.0 Å². The molecular formula is C24H22FN3O2. The number of amides is 2. The predicted molar refractivity (Wildman–Crippen MR) is 114 cm³/mol. The Morgan fingerprint density at radius 3 is 2.67 bits per heavy atom. The summed E-state index contributed by atoms with van der Waals surface area (Å²) in [5.41, 5.74) is 4.41. The van der Waals surface area contributed by atoms with Crippen molar-refractivity contribution in [3.05, 3.63) is 83.4 Å². The number of hydrogen-bond acceptors (Lipinski definition) is 3. The number of hydrogen-bond donors (Lipinski definition) is 1. The number of fused-ring (bicyclic) bond motifs is 1. The fourth-order valence-electron chi connectivity index (χ4n) is 3.69. The summed E-state index contributed by atoms with van der Waals surface area (Å²) in [6, 6.07) is 14.0. The smallest absolute Gasteiger partial charge is 0.254 e. The number of anilines is 1. The second kappa shape index (κ2) is 8.45. The fourth-order valence-corrected chi connectivity index (χ4v) is 3.69. The molecule has 0 aliphatic carbocycles. The molecule has 1 aromatic heterocycles. The normalized spacial score (nSPS) is 12.5. The highest BCUT2D eigenvalue weighted by Crippen LogP contribution is 2.33. The average molecular weight is 403 g/mol. The van der Waals surface area contributed by atoms with E-state index in [1.807, 2.05) is 31.2 Å². The zero-order valence-electron chi connectivity index (χ0n) is 16.7. The molecule has 0 saturated carbocycles. The molecule has 0 atom stereocenters. The number of nitrogens with zero attached hydrogens (tertiary/aromatic N) is 2. The molecule has 0 radical (unpaired) electrons. The topological polar surface area (TPSA) is 62.3 Å². The largest absolute Gasteiger partial charge is 0.348 e. The lowest BCUT2D eigenvalue weighted by Gasteiger charge is -2.16. The molecule has 0 spiro atoms. The van der Waals surface area contributed by atoms with Crippen molar-refractivity contribution in [2.75, 3.05) is 11.4 Å². The molecule has 1 aliphatic heterocycles. The predicted octanol–water partition coefficient (Wildman–Crippen LogP) is 4.12. The Bertz CT molecular complexity index is 1100. The van der Waals surface area contributed by atoms with Crippen LogP contribution in [0, 0.1) is 5.82 Å². The summed E-state index contributed by atoms with van der Waals surface area (Å²) in [5, 5.41) is 2.71. The van der Waals surface area contributed by atoms with E-state index in [0.29, 0.717) is 18.5 Å². The maximum Gasteiger partial charge on any atom is 0.254 e. The fraction of sp³-hybridized carbons (Fsp3) is 0.208. The minimum atomic E-state index is -0.570. The van der Waals surface area contributed by atoms with Gasteiger partial charge in [-0.3, -0.25) is 14.6 Å². The Morgan fingerprint density at radius 2 is 1.93 bits per heavy atom. The van der Waals surface area contributed by atoms with Crippen molar-refractivity contribution in [1.29, 1.82) is 0 Å². The lowest BCUT2D eigenvalue weighted by molar-refractivity contribution is -0.118. The molecule has 1 N–H and O–H groups in total. The minimum absolute atomic E-state index is 0.00326. The number of benzene rings is 2. The summed E-state index contributed by atoms with van der Waals surface area (Å²) < 4.78 is 14.7. The van der Waals surface area contributed by atoms with Gasteiger partial charge < -0.3 is 10.2 Å². The van der Waals surface area contributed by atoms with E-state index in [4.69, 9.17) is 0 Å². The second-order valence-electron chi connectivity index (χ2n) is 7.23. The second-order valence-corrected chi connectivity index (χ2v) is 7.23. The average Bonchev–Trinajstić information content (AvgIpc) is 3.21. The van der Waals surface area contributed by atoms with E-state index in [-0.39, 0.29) is 18.0 Å². The first-order chi connectivity index (χ1) is 14.6. The summed E-state index contributed by atoms with van der Waals surface area (Å²) in [7, 11) is 0. The summed E-state index contributed by atoms with van der Waals surface area (Å²) >= 11 is 0. The first kappa shape index (κ1) is 19.8. The van der Waals surface area contributed by atoms with Crippen molar-refractivity contribution in [1.82, 2.24) is 10.3 Å². The molecule has 0 bridgehead atoms. The Morgan fingerprint density at radius 1 is 1.13 bits per heavy atom. The van der Waals surface area contributed by atoms with Gasteiger partial charge in [-0.1, -0.05) is 25.1 Å². The van der Waals surface area contributed by atoms with E-state index in [0.717, 1.165) is 28.8 Å². The van der Waals surface area contributed by atoms with Crippen molar-refractivity contribution in [2.24, 2.45) is 0 Å². The van der Waals surface area contributed by atoms with Crippen molar-refractivity contribution < 1.29 is 14.0 Å². The highest BCUT2D eigenvalue weighted by atomic mass is 19.1. The van der Waals surface area contributed by atoms with Gasteiger partial charge in [0, 0.05) is 37.6 Å². The van der Waals surface area contributed by atoms with Crippen LogP contribution in [0.4, 0.5) is 10.1 Å². The van der Waals surface area contributed by atoms with Crippen LogP contribution in [0.5, 0.6) is 0 Å². The van der Waals surface area contributed by atoms with Gasteiger partial charge in [-0.2, -0.15) is 0 Å². The van der Waals surface area contributed by atoms with Crippen LogP contribution in [-0.2, 0) is 17.8 Å². The molecule has 0 fully saturated rings. The van der Waals surface area contributed by atoms with Crippen molar-refractivity contribution in [3.8, 4) is 11.1 Å². The molecule has 2 amide bonds. The van der Waals surface area contributed by atoms with Crippen LogP contribution >= 0.6 is 0 Å². The Hall–Kier alpha value is -3.54. The molecule has 0 saturated heterocycles. The van der Waals surface area contributed by atoms with E-state index in [2.05, 4.69) is 10.3 Å². The number of pyridine rings is 1. The standard InChI is InChI=1S/C24H22FN3O2/c1-2-23(29)28-11-9-19-12-17(6-8-22(19)28)18-5-7-20(21(25)13-18)24(30)27-15-16-4-3-10-26-14-16/h3-8,10,12-14H,2,9,11,15H2,1H3,(H,27,30). The summed E-state index contributed by atoms with van der Waals surface area (Å²) in [6.45, 7) is 2.81. The van der Waals surface area contributed by atoms with Gasteiger partial charge in [-0.15, -0.1) is 0 Å². The van der Waals surface area contributed by atoms with Crippen LogP contribution < -0.4 is 10.2 Å². The number of rotatable bonds is 5. The van der Waals surface area contributed by atoms with E-state index >= 15 is 0 Å². The van der Waals surface area contributed by atoms with Crippen molar-refractivity contribution >= 4 is 17.5 Å². The van der Waals surface area contributed by atoms with Crippen LogP contribution in [0.25, 0.3) is 11.1 Å². The Kier molecular flexibility index (Phi) is 5.57. The minimum Gasteiger partial charge on any atom is -0.348 e. The Labute approximate surface area is 174 Å². The Balaban J connectivity index is 1.51. The molecule has 4 rings (SSSR count). The zero-order valence-corrected chi connectivity index (χ0v) is 16.7. The van der Waals surface area contributed by atoms with Gasteiger partial charge in [-0.25, -0.2) is 4.39 Å². The third-order valence-electron chi connectivity index (χ3n) is 5.30. The molecular weight excluding hydrogens is 381 g/mol. The van der Waals surface area contributed by atoms with Crippen LogP contribution in [0.1, 0.15) is 34.8 Å². The number of carbonyl (C=O) groups excluding carboxylic acids is 2. The summed E-state index contributed by atoms with van der Waals surface area (Å²) in [6.07, 6.45) is 4.56. The van der Waals surface area contributed by atoms with Gasteiger partial charge in [0.15, 0.2) is 0 Å². The van der Waals surface area contributed by atoms with Crippen LogP contribution in [-0.4, -0.2) is 23.3 Å². The highest BCUT2D eigenvalue weighted by molar-refractivity contribution is 5.96. The van der Waals surface area contributed by atoms with E-state index < -0.39 is 11.7 Å². The third kappa shape index (κ3) is 3.94. The monoisotopic (exact) mass is 403 g/mol. The lowest BCUT2D eigenvalue weighted by atomic mass is 10.00. The van der Waals surface area contributed by atoms with E-state index in [1.165, 1.54) is 12.1 Å². The number of nitrogens with one attached hydrogen (secondary N) is 1. The van der Waals surface area contributed by atoms with Gasteiger partial charge in [0.05, 0.1) is 5.56 Å². The van der Waals surface area contributed by atoms with E-state index in [1.54, 1.807) is 29.4 Å². The summed E-state index contributed by atoms with van der Waals surface area (Å²) in [4.78, 5) is 30.2. The van der Waals surface area contributed by atoms with Crippen LogP contribution in [0.2, 0.25) is 0 Å². The number of halogens is 1. The highest BCUT2D eigenvalue weighted by Gasteiger charge is 2.24. The molecule has 30 heavy (non-hydrogen) atoms. The molecule has 2 aromatic carbocycles. The lowest BCUT2D eigenvalue weighted by Crippen LogP contribution is -2.27. The van der Waals surface area contributed by atoms with Gasteiger partial charge in [0.25, 0.3) is 5.91 Å². The molecule has 2 heterocycles. The van der Waals surface area contributed by atoms with Gasteiger partial charge in [0.2, 0.25) is 5.91 Å².